The van der Waals surface area contributed by atoms with Crippen molar-refractivity contribution in [1.82, 2.24) is 0 Å². The first kappa shape index (κ1) is 16.2. The minimum Gasteiger partial charge on any atom is -0.508 e. The maximum atomic E-state index is 9.76. The standard InChI is InChI=1S/C24H20O2/c25-21-13-9-19(10-14-21)24(20-11-15-22(26)16-12-20)17-5-4-8-23(24)18-6-2-1-3-7-18/h1-17,23,25-26H. The van der Waals surface area contributed by atoms with Gasteiger partial charge in [0.05, 0.1) is 0 Å². The molecule has 26 heavy (non-hydrogen) atoms. The van der Waals surface area contributed by atoms with Crippen LogP contribution in [0.2, 0.25) is 0 Å². The molecule has 0 radical (unpaired) electrons. The molecule has 0 aliphatic heterocycles. The van der Waals surface area contributed by atoms with Gasteiger partial charge in [-0.05, 0) is 41.0 Å². The van der Waals surface area contributed by atoms with E-state index in [1.54, 1.807) is 24.3 Å². The lowest BCUT2D eigenvalue weighted by atomic mass is 9.62. The number of benzene rings is 3. The van der Waals surface area contributed by atoms with Crippen LogP contribution in [-0.4, -0.2) is 10.2 Å². The number of hydrogen-bond acceptors (Lipinski definition) is 2. The zero-order chi connectivity index (χ0) is 18.0. The van der Waals surface area contributed by atoms with E-state index >= 15 is 0 Å². The fourth-order valence-electron chi connectivity index (χ4n) is 3.87. The molecule has 0 saturated carbocycles. The zero-order valence-electron chi connectivity index (χ0n) is 14.3. The van der Waals surface area contributed by atoms with E-state index in [2.05, 4.69) is 48.6 Å². The number of aromatic hydroxyl groups is 2. The van der Waals surface area contributed by atoms with E-state index in [0.717, 1.165) is 11.1 Å². The Morgan fingerprint density at radius 1 is 0.615 bits per heavy atom. The van der Waals surface area contributed by atoms with Crippen LogP contribution in [0.15, 0.2) is 103 Å². The third kappa shape index (κ3) is 2.70. The Bertz CT molecular complexity index is 890. The Kier molecular flexibility index (Phi) is 4.10. The third-order valence-electron chi connectivity index (χ3n) is 5.11. The number of rotatable bonds is 3. The molecular formula is C24H20O2. The summed E-state index contributed by atoms with van der Waals surface area (Å²) in [7, 11) is 0. The van der Waals surface area contributed by atoms with Crippen molar-refractivity contribution in [2.24, 2.45) is 0 Å². The third-order valence-corrected chi connectivity index (χ3v) is 5.11. The van der Waals surface area contributed by atoms with Crippen LogP contribution in [0, 0.1) is 0 Å². The molecule has 2 N–H and O–H groups in total. The molecule has 4 rings (SSSR count). The van der Waals surface area contributed by atoms with E-state index in [1.165, 1.54) is 5.56 Å². The van der Waals surface area contributed by atoms with Crippen LogP contribution < -0.4 is 0 Å². The van der Waals surface area contributed by atoms with Crippen LogP contribution in [0.5, 0.6) is 11.5 Å². The van der Waals surface area contributed by atoms with Gasteiger partial charge in [-0.25, -0.2) is 0 Å². The fraction of sp³-hybridized carbons (Fsp3) is 0.0833. The van der Waals surface area contributed by atoms with Crippen molar-refractivity contribution >= 4 is 0 Å². The largest absolute Gasteiger partial charge is 0.508 e. The van der Waals surface area contributed by atoms with Crippen LogP contribution in [0.3, 0.4) is 0 Å². The summed E-state index contributed by atoms with van der Waals surface area (Å²) in [6, 6.07) is 25.2. The van der Waals surface area contributed by atoms with E-state index in [-0.39, 0.29) is 17.4 Å². The zero-order valence-corrected chi connectivity index (χ0v) is 14.3. The summed E-state index contributed by atoms with van der Waals surface area (Å²) in [5.74, 6) is 0.602. The van der Waals surface area contributed by atoms with Crippen molar-refractivity contribution in [3.8, 4) is 11.5 Å². The smallest absolute Gasteiger partial charge is 0.115 e. The Labute approximate surface area is 153 Å². The summed E-state index contributed by atoms with van der Waals surface area (Å²) in [5.41, 5.74) is 2.98. The summed E-state index contributed by atoms with van der Waals surface area (Å²) < 4.78 is 0. The predicted octanol–water partition coefficient (Wildman–Crippen LogP) is 5.29. The first-order valence-electron chi connectivity index (χ1n) is 8.70. The molecule has 0 aromatic heterocycles. The lowest BCUT2D eigenvalue weighted by molar-refractivity contribution is 0.473. The van der Waals surface area contributed by atoms with Crippen LogP contribution in [0.4, 0.5) is 0 Å². The van der Waals surface area contributed by atoms with Gasteiger partial charge in [0.1, 0.15) is 11.5 Å². The van der Waals surface area contributed by atoms with Gasteiger partial charge in [0, 0.05) is 11.3 Å². The van der Waals surface area contributed by atoms with Crippen molar-refractivity contribution in [3.63, 3.8) is 0 Å². The van der Waals surface area contributed by atoms with Crippen molar-refractivity contribution in [2.45, 2.75) is 11.3 Å². The monoisotopic (exact) mass is 340 g/mol. The number of phenols is 2. The molecule has 3 aromatic rings. The molecule has 2 nitrogen and oxygen atoms in total. The van der Waals surface area contributed by atoms with Gasteiger partial charge in [0.2, 0.25) is 0 Å². The summed E-state index contributed by atoms with van der Waals surface area (Å²) in [4.78, 5) is 0. The molecule has 1 aliphatic rings. The number of allylic oxidation sites excluding steroid dienone is 4. The van der Waals surface area contributed by atoms with E-state index in [1.807, 2.05) is 30.3 Å². The molecule has 0 heterocycles. The molecule has 0 bridgehead atoms. The minimum atomic E-state index is -0.419. The molecule has 2 heteroatoms. The first-order chi connectivity index (χ1) is 12.7. The quantitative estimate of drug-likeness (QED) is 0.680. The highest BCUT2D eigenvalue weighted by molar-refractivity contribution is 5.55. The van der Waals surface area contributed by atoms with Crippen molar-refractivity contribution in [2.75, 3.05) is 0 Å². The van der Waals surface area contributed by atoms with Gasteiger partial charge in [-0.15, -0.1) is 0 Å². The molecule has 1 atom stereocenters. The summed E-state index contributed by atoms with van der Waals surface area (Å²) in [6.45, 7) is 0. The topological polar surface area (TPSA) is 40.5 Å². The van der Waals surface area contributed by atoms with Gasteiger partial charge in [-0.3, -0.25) is 0 Å². The first-order valence-corrected chi connectivity index (χ1v) is 8.70. The molecule has 1 aliphatic carbocycles. The van der Waals surface area contributed by atoms with Crippen molar-refractivity contribution in [1.29, 1.82) is 0 Å². The van der Waals surface area contributed by atoms with E-state index in [9.17, 15) is 10.2 Å². The average Bonchev–Trinajstić information content (AvgIpc) is 2.70. The second-order valence-electron chi connectivity index (χ2n) is 6.60. The molecule has 3 aromatic carbocycles. The number of hydrogen-bond donors (Lipinski definition) is 2. The molecule has 0 fully saturated rings. The normalized spacial score (nSPS) is 17.9. The predicted molar refractivity (Wildman–Crippen MR) is 104 cm³/mol. The SMILES string of the molecule is Oc1ccc(C2(c3ccc(O)cc3)C=CC=CC2c2ccccc2)cc1. The molecular weight excluding hydrogens is 320 g/mol. The van der Waals surface area contributed by atoms with Crippen molar-refractivity contribution in [3.05, 3.63) is 120 Å². The Hall–Kier alpha value is -3.26. The highest BCUT2D eigenvalue weighted by atomic mass is 16.3. The Morgan fingerprint density at radius 2 is 1.15 bits per heavy atom. The summed E-state index contributed by atoms with van der Waals surface area (Å²) in [6.07, 6.45) is 8.58. The second-order valence-corrected chi connectivity index (χ2v) is 6.60. The summed E-state index contributed by atoms with van der Waals surface area (Å²) in [5, 5.41) is 19.5. The maximum absolute atomic E-state index is 9.76. The van der Waals surface area contributed by atoms with Crippen molar-refractivity contribution < 1.29 is 10.2 Å². The molecule has 0 spiro atoms. The van der Waals surface area contributed by atoms with Crippen LogP contribution in [0.25, 0.3) is 0 Å². The van der Waals surface area contributed by atoms with Gasteiger partial charge in [-0.2, -0.15) is 0 Å². The minimum absolute atomic E-state index is 0.0998. The highest BCUT2D eigenvalue weighted by Gasteiger charge is 2.40. The lowest BCUT2D eigenvalue weighted by Gasteiger charge is -2.40. The summed E-state index contributed by atoms with van der Waals surface area (Å²) >= 11 is 0. The van der Waals surface area contributed by atoms with Crippen LogP contribution >= 0.6 is 0 Å². The van der Waals surface area contributed by atoms with E-state index < -0.39 is 5.41 Å². The highest BCUT2D eigenvalue weighted by Crippen LogP contribution is 2.48. The average molecular weight is 340 g/mol. The molecule has 128 valence electrons. The van der Waals surface area contributed by atoms with Gasteiger partial charge >= 0.3 is 0 Å². The lowest BCUT2D eigenvalue weighted by Crippen LogP contribution is -2.33. The van der Waals surface area contributed by atoms with E-state index in [4.69, 9.17) is 0 Å². The Morgan fingerprint density at radius 3 is 1.69 bits per heavy atom. The van der Waals surface area contributed by atoms with Gasteiger partial charge in [-0.1, -0.05) is 78.9 Å². The van der Waals surface area contributed by atoms with Gasteiger partial charge in [0.15, 0.2) is 0 Å². The van der Waals surface area contributed by atoms with Crippen LogP contribution in [-0.2, 0) is 5.41 Å². The molecule has 0 saturated heterocycles. The van der Waals surface area contributed by atoms with Crippen LogP contribution in [0.1, 0.15) is 22.6 Å². The van der Waals surface area contributed by atoms with Gasteiger partial charge in [0.25, 0.3) is 0 Å². The fourth-order valence-corrected chi connectivity index (χ4v) is 3.87. The molecule has 1 unspecified atom stereocenters. The van der Waals surface area contributed by atoms with E-state index in [0.29, 0.717) is 0 Å². The Balaban J connectivity index is 1.97. The number of phenolic OH excluding ortho intramolecular Hbond substituents is 2. The maximum Gasteiger partial charge on any atom is 0.115 e. The molecule has 0 amide bonds. The second kappa shape index (κ2) is 6.57. The van der Waals surface area contributed by atoms with Gasteiger partial charge < -0.3 is 10.2 Å².